The first-order valence-corrected chi connectivity index (χ1v) is 7.44. The molecule has 0 heterocycles. The van der Waals surface area contributed by atoms with Gasteiger partial charge in [0.2, 0.25) is 5.76 Å². The van der Waals surface area contributed by atoms with Crippen LogP contribution in [0.5, 0.6) is 5.75 Å². The van der Waals surface area contributed by atoms with Gasteiger partial charge in [-0.2, -0.15) is 0 Å². The molecule has 24 heavy (non-hydrogen) atoms. The minimum absolute atomic E-state index is 0.0836. The number of rotatable bonds is 6. The molecule has 7 heteroatoms. The number of halogens is 1. The maximum absolute atomic E-state index is 12.1. The second-order valence-electron chi connectivity index (χ2n) is 4.64. The van der Waals surface area contributed by atoms with E-state index in [1.807, 2.05) is 0 Å². The SMILES string of the molecule is CCOC(=O)/C(=C/c1cccc([N+](=O)[O-])c1)Oc1ccc(Cl)cc1. The molecule has 0 bridgehead atoms. The maximum atomic E-state index is 12.1. The highest BCUT2D eigenvalue weighted by Crippen LogP contribution is 2.21. The van der Waals surface area contributed by atoms with E-state index in [0.717, 1.165) is 0 Å². The van der Waals surface area contributed by atoms with Gasteiger partial charge in [-0.15, -0.1) is 0 Å². The summed E-state index contributed by atoms with van der Waals surface area (Å²) in [6.45, 7) is 1.85. The fraction of sp³-hybridized carbons (Fsp3) is 0.118. The molecule has 0 aromatic heterocycles. The van der Waals surface area contributed by atoms with E-state index in [4.69, 9.17) is 21.1 Å². The zero-order valence-electron chi connectivity index (χ0n) is 12.8. The van der Waals surface area contributed by atoms with Crippen LogP contribution in [0.1, 0.15) is 12.5 Å². The van der Waals surface area contributed by atoms with E-state index in [0.29, 0.717) is 16.3 Å². The molecule has 2 aromatic carbocycles. The zero-order valence-corrected chi connectivity index (χ0v) is 13.5. The van der Waals surface area contributed by atoms with Gasteiger partial charge in [0, 0.05) is 17.2 Å². The van der Waals surface area contributed by atoms with E-state index in [2.05, 4.69) is 0 Å². The maximum Gasteiger partial charge on any atom is 0.374 e. The summed E-state index contributed by atoms with van der Waals surface area (Å²) in [4.78, 5) is 22.4. The Morgan fingerprint density at radius 2 is 1.96 bits per heavy atom. The summed E-state index contributed by atoms with van der Waals surface area (Å²) in [7, 11) is 0. The van der Waals surface area contributed by atoms with E-state index in [1.165, 1.54) is 24.3 Å². The molecule has 0 atom stereocenters. The van der Waals surface area contributed by atoms with Crippen molar-refractivity contribution in [1.29, 1.82) is 0 Å². The van der Waals surface area contributed by atoms with Crippen molar-refractivity contribution in [3.63, 3.8) is 0 Å². The molecule has 0 aliphatic carbocycles. The Morgan fingerprint density at radius 1 is 1.25 bits per heavy atom. The third-order valence-corrected chi connectivity index (χ3v) is 3.15. The van der Waals surface area contributed by atoms with Crippen molar-refractivity contribution >= 4 is 29.3 Å². The quantitative estimate of drug-likeness (QED) is 0.257. The Kier molecular flexibility index (Phi) is 5.92. The van der Waals surface area contributed by atoms with Crippen molar-refractivity contribution < 1.29 is 19.2 Å². The number of carbonyl (C=O) groups is 1. The van der Waals surface area contributed by atoms with Gasteiger partial charge in [-0.3, -0.25) is 10.1 Å². The van der Waals surface area contributed by atoms with Crippen molar-refractivity contribution in [2.24, 2.45) is 0 Å². The first kappa shape index (κ1) is 17.5. The van der Waals surface area contributed by atoms with Crippen LogP contribution in [0.2, 0.25) is 5.02 Å². The van der Waals surface area contributed by atoms with E-state index in [-0.39, 0.29) is 18.1 Å². The molecule has 0 spiro atoms. The van der Waals surface area contributed by atoms with Crippen LogP contribution in [-0.4, -0.2) is 17.5 Å². The molecule has 0 radical (unpaired) electrons. The minimum atomic E-state index is -0.668. The Bertz CT molecular complexity index is 771. The lowest BCUT2D eigenvalue weighted by atomic mass is 10.2. The number of ether oxygens (including phenoxy) is 2. The number of non-ortho nitro benzene ring substituents is 1. The van der Waals surface area contributed by atoms with Gasteiger partial charge >= 0.3 is 5.97 Å². The smallest absolute Gasteiger partial charge is 0.374 e. The molecule has 0 saturated heterocycles. The predicted octanol–water partition coefficient (Wildman–Crippen LogP) is 4.23. The summed E-state index contributed by atoms with van der Waals surface area (Å²) in [6.07, 6.45) is 1.39. The van der Waals surface area contributed by atoms with Crippen LogP contribution >= 0.6 is 11.6 Å². The van der Waals surface area contributed by atoms with Crippen LogP contribution < -0.4 is 4.74 Å². The number of benzene rings is 2. The fourth-order valence-electron chi connectivity index (χ4n) is 1.84. The molecule has 0 N–H and O–H groups in total. The first-order chi connectivity index (χ1) is 11.5. The topological polar surface area (TPSA) is 78.7 Å². The second kappa shape index (κ2) is 8.12. The van der Waals surface area contributed by atoms with Crippen molar-refractivity contribution in [3.8, 4) is 5.75 Å². The number of nitro groups is 1. The molecule has 0 aliphatic heterocycles. The summed E-state index contributed by atoms with van der Waals surface area (Å²) in [5, 5.41) is 11.4. The molecule has 0 saturated carbocycles. The van der Waals surface area contributed by atoms with Gasteiger partial charge in [-0.1, -0.05) is 23.7 Å². The zero-order chi connectivity index (χ0) is 17.5. The Balaban J connectivity index is 2.34. The third kappa shape index (κ3) is 4.82. The number of hydrogen-bond acceptors (Lipinski definition) is 5. The van der Waals surface area contributed by atoms with Gasteiger partial charge in [0.1, 0.15) is 5.75 Å². The molecule has 0 aliphatic rings. The largest absolute Gasteiger partial charge is 0.460 e. The molecule has 0 amide bonds. The fourth-order valence-corrected chi connectivity index (χ4v) is 1.97. The van der Waals surface area contributed by atoms with Gasteiger partial charge in [0.15, 0.2) is 0 Å². The van der Waals surface area contributed by atoms with Crippen LogP contribution in [-0.2, 0) is 9.53 Å². The number of esters is 1. The van der Waals surface area contributed by atoms with Crippen LogP contribution in [0.3, 0.4) is 0 Å². The predicted molar refractivity (Wildman–Crippen MR) is 89.8 cm³/mol. The van der Waals surface area contributed by atoms with Crippen molar-refractivity contribution in [1.82, 2.24) is 0 Å². The Labute approximate surface area is 143 Å². The number of hydrogen-bond donors (Lipinski definition) is 0. The molecule has 0 fully saturated rings. The molecule has 124 valence electrons. The standard InChI is InChI=1S/C17H14ClNO5/c1-2-23-17(20)16(24-15-8-6-13(18)7-9-15)11-12-4-3-5-14(10-12)19(21)22/h3-11H,2H2,1H3/b16-11-. The number of carbonyl (C=O) groups excluding carboxylic acids is 1. The average Bonchev–Trinajstić information content (AvgIpc) is 2.56. The highest BCUT2D eigenvalue weighted by Gasteiger charge is 2.15. The molecular formula is C17H14ClNO5. The molecule has 2 rings (SSSR count). The van der Waals surface area contributed by atoms with Gasteiger partial charge in [0.05, 0.1) is 11.5 Å². The van der Waals surface area contributed by atoms with Crippen LogP contribution in [0.25, 0.3) is 6.08 Å². The summed E-state index contributed by atoms with van der Waals surface area (Å²) >= 11 is 5.81. The van der Waals surface area contributed by atoms with Gasteiger partial charge in [-0.25, -0.2) is 4.79 Å². The van der Waals surface area contributed by atoms with E-state index < -0.39 is 10.9 Å². The minimum Gasteiger partial charge on any atom is -0.460 e. The van der Waals surface area contributed by atoms with Gasteiger partial charge < -0.3 is 9.47 Å². The van der Waals surface area contributed by atoms with Crippen molar-refractivity contribution in [3.05, 3.63) is 75.0 Å². The monoisotopic (exact) mass is 347 g/mol. The second-order valence-corrected chi connectivity index (χ2v) is 5.07. The lowest BCUT2D eigenvalue weighted by Crippen LogP contribution is -2.12. The summed E-state index contributed by atoms with van der Waals surface area (Å²) in [6, 6.07) is 12.3. The van der Waals surface area contributed by atoms with E-state index in [1.54, 1.807) is 37.3 Å². The van der Waals surface area contributed by atoms with Crippen molar-refractivity contribution in [2.45, 2.75) is 6.92 Å². The first-order valence-electron chi connectivity index (χ1n) is 7.06. The highest BCUT2D eigenvalue weighted by molar-refractivity contribution is 6.30. The van der Waals surface area contributed by atoms with Crippen LogP contribution in [0, 0.1) is 10.1 Å². The van der Waals surface area contributed by atoms with Gasteiger partial charge in [-0.05, 0) is 42.8 Å². The van der Waals surface area contributed by atoms with Crippen LogP contribution in [0.15, 0.2) is 54.3 Å². The lowest BCUT2D eigenvalue weighted by molar-refractivity contribution is -0.384. The van der Waals surface area contributed by atoms with Crippen LogP contribution in [0.4, 0.5) is 5.69 Å². The average molecular weight is 348 g/mol. The van der Waals surface area contributed by atoms with E-state index >= 15 is 0 Å². The summed E-state index contributed by atoms with van der Waals surface area (Å²) in [5.74, 6) is -0.359. The lowest BCUT2D eigenvalue weighted by Gasteiger charge is -2.09. The normalized spacial score (nSPS) is 11.0. The Hall–Kier alpha value is -2.86. The van der Waals surface area contributed by atoms with Crippen molar-refractivity contribution in [2.75, 3.05) is 6.61 Å². The number of nitro benzene ring substituents is 1. The molecule has 2 aromatic rings. The highest BCUT2D eigenvalue weighted by atomic mass is 35.5. The van der Waals surface area contributed by atoms with Gasteiger partial charge in [0.25, 0.3) is 5.69 Å². The molecular weight excluding hydrogens is 334 g/mol. The number of nitrogens with zero attached hydrogens (tertiary/aromatic N) is 1. The van der Waals surface area contributed by atoms with E-state index in [9.17, 15) is 14.9 Å². The third-order valence-electron chi connectivity index (χ3n) is 2.90. The molecule has 0 unspecified atom stereocenters. The summed E-state index contributed by atoms with van der Waals surface area (Å²) in [5.41, 5.74) is 0.361. The Morgan fingerprint density at radius 3 is 2.58 bits per heavy atom. The molecule has 6 nitrogen and oxygen atoms in total. The summed E-state index contributed by atoms with van der Waals surface area (Å²) < 4.78 is 10.5.